The van der Waals surface area contributed by atoms with Crippen LogP contribution in [0.5, 0.6) is 0 Å². The Kier molecular flexibility index (Phi) is 5.81. The van der Waals surface area contributed by atoms with Gasteiger partial charge in [-0.05, 0) is 44.2 Å². The highest BCUT2D eigenvalue weighted by Crippen LogP contribution is 2.17. The average molecular weight is 427 g/mol. The highest BCUT2D eigenvalue weighted by atomic mass is 16.5. The number of fused-ring (bicyclic) bond motifs is 1. The van der Waals surface area contributed by atoms with Crippen molar-refractivity contribution in [3.63, 3.8) is 0 Å². The van der Waals surface area contributed by atoms with E-state index in [9.17, 15) is 14.4 Å². The summed E-state index contributed by atoms with van der Waals surface area (Å²) in [5.41, 5.74) is 1.79. The highest BCUT2D eigenvalue weighted by Gasteiger charge is 2.23. The fourth-order valence-electron chi connectivity index (χ4n) is 3.24. The molecule has 32 heavy (non-hydrogen) atoms. The molecule has 7 heteroatoms. The molecule has 1 aromatic heterocycles. The van der Waals surface area contributed by atoms with Crippen molar-refractivity contribution in [2.45, 2.75) is 20.0 Å². The zero-order chi connectivity index (χ0) is 22.7. The number of carbonyl (C=O) groups is 2. The molecule has 4 aromatic rings. The second-order valence-corrected chi connectivity index (χ2v) is 7.35. The smallest absolute Gasteiger partial charge is 0.360 e. The van der Waals surface area contributed by atoms with E-state index in [4.69, 9.17) is 4.74 Å². The van der Waals surface area contributed by atoms with Crippen LogP contribution in [-0.2, 0) is 9.53 Å². The van der Waals surface area contributed by atoms with Crippen molar-refractivity contribution >= 4 is 28.3 Å². The van der Waals surface area contributed by atoms with Crippen LogP contribution >= 0.6 is 0 Å². The fraction of sp³-hybridized carbons (Fsp3) is 0.120. The van der Waals surface area contributed by atoms with E-state index in [0.29, 0.717) is 22.1 Å². The molecule has 0 bridgehead atoms. The Labute approximate surface area is 184 Å². The van der Waals surface area contributed by atoms with Crippen LogP contribution in [-0.4, -0.2) is 27.8 Å². The summed E-state index contributed by atoms with van der Waals surface area (Å²) in [6, 6.07) is 22.8. The van der Waals surface area contributed by atoms with Gasteiger partial charge in [-0.25, -0.2) is 4.79 Å². The first-order chi connectivity index (χ1) is 15.4. The van der Waals surface area contributed by atoms with Crippen molar-refractivity contribution < 1.29 is 14.3 Å². The lowest BCUT2D eigenvalue weighted by Crippen LogP contribution is -2.31. The van der Waals surface area contributed by atoms with E-state index in [1.807, 2.05) is 25.1 Å². The number of aromatic nitrogens is 2. The Morgan fingerprint density at radius 1 is 0.906 bits per heavy atom. The number of esters is 1. The van der Waals surface area contributed by atoms with Crippen LogP contribution in [0.2, 0.25) is 0 Å². The largest absolute Gasteiger partial charge is 0.448 e. The van der Waals surface area contributed by atoms with E-state index in [2.05, 4.69) is 10.4 Å². The Morgan fingerprint density at radius 3 is 2.22 bits per heavy atom. The van der Waals surface area contributed by atoms with Crippen LogP contribution in [0.15, 0.2) is 83.7 Å². The van der Waals surface area contributed by atoms with E-state index in [1.165, 1.54) is 6.92 Å². The second-order valence-electron chi connectivity index (χ2n) is 7.35. The number of anilines is 1. The van der Waals surface area contributed by atoms with Crippen molar-refractivity contribution in [3.05, 3.63) is 100 Å². The minimum Gasteiger partial charge on any atom is -0.448 e. The summed E-state index contributed by atoms with van der Waals surface area (Å²) < 4.78 is 6.57. The molecule has 0 aliphatic rings. The van der Waals surface area contributed by atoms with Gasteiger partial charge in [-0.15, -0.1) is 0 Å². The minimum absolute atomic E-state index is 0.0426. The number of amides is 1. The predicted octanol–water partition coefficient (Wildman–Crippen LogP) is 3.88. The lowest BCUT2D eigenvalue weighted by molar-refractivity contribution is -0.123. The van der Waals surface area contributed by atoms with Gasteiger partial charge >= 0.3 is 5.97 Å². The van der Waals surface area contributed by atoms with Gasteiger partial charge in [0, 0.05) is 11.1 Å². The lowest BCUT2D eigenvalue weighted by atomic mass is 10.1. The molecule has 3 aromatic carbocycles. The van der Waals surface area contributed by atoms with E-state index in [1.54, 1.807) is 60.7 Å². The van der Waals surface area contributed by atoms with Crippen LogP contribution in [0.25, 0.3) is 16.5 Å². The van der Waals surface area contributed by atoms with Gasteiger partial charge in [-0.3, -0.25) is 9.59 Å². The number of benzene rings is 3. The van der Waals surface area contributed by atoms with Gasteiger partial charge in [-0.2, -0.15) is 9.78 Å². The predicted molar refractivity (Wildman–Crippen MR) is 122 cm³/mol. The molecule has 1 amide bonds. The average Bonchev–Trinajstić information content (AvgIpc) is 2.81. The third-order valence-electron chi connectivity index (χ3n) is 4.97. The Bertz CT molecular complexity index is 1350. The molecule has 0 radical (unpaired) electrons. The topological polar surface area (TPSA) is 90.3 Å². The highest BCUT2D eigenvalue weighted by molar-refractivity contribution is 6.03. The van der Waals surface area contributed by atoms with Crippen molar-refractivity contribution in [1.82, 2.24) is 9.78 Å². The number of nitrogens with one attached hydrogen (secondary N) is 1. The Balaban J connectivity index is 1.64. The summed E-state index contributed by atoms with van der Waals surface area (Å²) in [7, 11) is 0. The molecule has 0 aliphatic carbocycles. The van der Waals surface area contributed by atoms with Gasteiger partial charge in [0.1, 0.15) is 0 Å². The number of para-hydroxylation sites is 1. The van der Waals surface area contributed by atoms with E-state index in [0.717, 1.165) is 10.2 Å². The van der Waals surface area contributed by atoms with Gasteiger partial charge in [0.05, 0.1) is 11.1 Å². The SMILES string of the molecule is Cc1ccc(NC(=O)C(C)OC(=O)c2nn(-c3ccccc3)c(=O)c3ccccc23)cc1. The minimum atomic E-state index is -1.07. The molecular weight excluding hydrogens is 406 g/mol. The summed E-state index contributed by atoms with van der Waals surface area (Å²) >= 11 is 0. The van der Waals surface area contributed by atoms with Crippen molar-refractivity contribution in [2.75, 3.05) is 5.32 Å². The first-order valence-electron chi connectivity index (χ1n) is 10.1. The molecule has 4 rings (SSSR count). The molecule has 0 fully saturated rings. The first kappa shape index (κ1) is 21.0. The third kappa shape index (κ3) is 4.27. The Morgan fingerprint density at radius 2 is 1.53 bits per heavy atom. The number of ether oxygens (including phenoxy) is 1. The normalized spacial score (nSPS) is 11.7. The maximum atomic E-state index is 13.0. The third-order valence-corrected chi connectivity index (χ3v) is 4.97. The fourth-order valence-corrected chi connectivity index (χ4v) is 3.24. The molecule has 1 heterocycles. The summed E-state index contributed by atoms with van der Waals surface area (Å²) in [6.45, 7) is 3.43. The van der Waals surface area contributed by atoms with Gasteiger partial charge in [0.2, 0.25) is 0 Å². The van der Waals surface area contributed by atoms with E-state index in [-0.39, 0.29) is 11.3 Å². The number of nitrogens with zero attached hydrogens (tertiary/aromatic N) is 2. The van der Waals surface area contributed by atoms with Gasteiger partial charge in [0.25, 0.3) is 11.5 Å². The van der Waals surface area contributed by atoms with E-state index < -0.39 is 18.0 Å². The zero-order valence-corrected chi connectivity index (χ0v) is 17.6. The molecule has 0 saturated heterocycles. The molecule has 160 valence electrons. The van der Waals surface area contributed by atoms with Crippen molar-refractivity contribution in [1.29, 1.82) is 0 Å². The van der Waals surface area contributed by atoms with E-state index >= 15 is 0 Å². The first-order valence-corrected chi connectivity index (χ1v) is 10.1. The van der Waals surface area contributed by atoms with Crippen LogP contribution < -0.4 is 10.9 Å². The number of aryl methyl sites for hydroxylation is 1. The molecule has 7 nitrogen and oxygen atoms in total. The number of hydrogen-bond acceptors (Lipinski definition) is 5. The number of rotatable bonds is 5. The van der Waals surface area contributed by atoms with Crippen LogP contribution in [0.1, 0.15) is 23.0 Å². The molecular formula is C25H21N3O4. The second kappa shape index (κ2) is 8.85. The molecule has 1 atom stereocenters. The maximum Gasteiger partial charge on any atom is 0.360 e. The summed E-state index contributed by atoms with van der Waals surface area (Å²) in [5, 5.41) is 7.68. The molecule has 0 aliphatic heterocycles. The zero-order valence-electron chi connectivity index (χ0n) is 17.6. The quantitative estimate of drug-likeness (QED) is 0.488. The summed E-state index contributed by atoms with van der Waals surface area (Å²) in [6.07, 6.45) is -1.07. The van der Waals surface area contributed by atoms with Crippen LogP contribution in [0, 0.1) is 6.92 Å². The van der Waals surface area contributed by atoms with Gasteiger partial charge < -0.3 is 10.1 Å². The molecule has 1 unspecified atom stereocenters. The lowest BCUT2D eigenvalue weighted by Gasteiger charge is -2.15. The van der Waals surface area contributed by atoms with Crippen LogP contribution in [0.4, 0.5) is 5.69 Å². The standard InChI is InChI=1S/C25H21N3O4/c1-16-12-14-18(15-13-16)26-23(29)17(2)32-25(31)22-20-10-6-7-11-21(20)24(30)28(27-22)19-8-4-3-5-9-19/h3-15,17H,1-2H3,(H,26,29). The number of carbonyl (C=O) groups excluding carboxylic acids is 2. The van der Waals surface area contributed by atoms with Crippen molar-refractivity contribution in [3.8, 4) is 5.69 Å². The van der Waals surface area contributed by atoms with Gasteiger partial charge in [0.15, 0.2) is 11.8 Å². The molecule has 1 N–H and O–H groups in total. The number of hydrogen-bond donors (Lipinski definition) is 1. The van der Waals surface area contributed by atoms with Crippen LogP contribution in [0.3, 0.4) is 0 Å². The molecule has 0 spiro atoms. The molecule has 0 saturated carbocycles. The summed E-state index contributed by atoms with van der Waals surface area (Å²) in [5.74, 6) is -1.26. The Hall–Kier alpha value is -4.26. The monoisotopic (exact) mass is 427 g/mol. The maximum absolute atomic E-state index is 13.0. The van der Waals surface area contributed by atoms with Gasteiger partial charge in [-0.1, -0.05) is 54.1 Å². The summed E-state index contributed by atoms with van der Waals surface area (Å²) in [4.78, 5) is 38.4. The van der Waals surface area contributed by atoms with Crippen molar-refractivity contribution in [2.24, 2.45) is 0 Å².